The SMILES string of the molecule is COc1ccc(C2C(CNC(=O)c3ccc(Br)o3)CCCN2C)cc1. The molecule has 1 aromatic heterocycles. The van der Waals surface area contributed by atoms with Gasteiger partial charge in [0.15, 0.2) is 10.4 Å². The summed E-state index contributed by atoms with van der Waals surface area (Å²) in [5.41, 5.74) is 1.25. The van der Waals surface area contributed by atoms with Crippen LogP contribution in [0, 0.1) is 5.92 Å². The van der Waals surface area contributed by atoms with Crippen LogP contribution in [0.3, 0.4) is 0 Å². The fourth-order valence-corrected chi connectivity index (χ4v) is 3.85. The van der Waals surface area contributed by atoms with E-state index in [2.05, 4.69) is 45.3 Å². The third kappa shape index (κ3) is 4.25. The number of nitrogens with zero attached hydrogens (tertiary/aromatic N) is 1. The molecule has 1 saturated heterocycles. The van der Waals surface area contributed by atoms with E-state index in [4.69, 9.17) is 9.15 Å². The molecule has 2 aromatic rings. The van der Waals surface area contributed by atoms with E-state index in [0.29, 0.717) is 22.9 Å². The van der Waals surface area contributed by atoms with Crippen LogP contribution < -0.4 is 10.1 Å². The number of rotatable bonds is 5. The van der Waals surface area contributed by atoms with Crippen molar-refractivity contribution in [1.82, 2.24) is 10.2 Å². The number of nitrogens with one attached hydrogen (secondary N) is 1. The maximum absolute atomic E-state index is 12.3. The Hall–Kier alpha value is -1.79. The molecule has 25 heavy (non-hydrogen) atoms. The van der Waals surface area contributed by atoms with E-state index >= 15 is 0 Å². The summed E-state index contributed by atoms with van der Waals surface area (Å²) >= 11 is 3.22. The first-order valence-electron chi connectivity index (χ1n) is 8.46. The van der Waals surface area contributed by atoms with Crippen molar-refractivity contribution in [2.75, 3.05) is 27.2 Å². The Morgan fingerprint density at radius 2 is 2.08 bits per heavy atom. The third-order valence-corrected chi connectivity index (χ3v) is 5.21. The summed E-state index contributed by atoms with van der Waals surface area (Å²) < 4.78 is 11.1. The predicted octanol–water partition coefficient (Wildman–Crippen LogP) is 3.86. The van der Waals surface area contributed by atoms with Crippen molar-refractivity contribution >= 4 is 21.8 Å². The summed E-state index contributed by atoms with van der Waals surface area (Å²) in [5, 5.41) is 3.02. The van der Waals surface area contributed by atoms with E-state index in [1.54, 1.807) is 19.2 Å². The molecule has 1 aliphatic heterocycles. The summed E-state index contributed by atoms with van der Waals surface area (Å²) in [6, 6.07) is 11.9. The van der Waals surface area contributed by atoms with Crippen LogP contribution in [0.1, 0.15) is 35.0 Å². The Bertz CT molecular complexity index is 714. The summed E-state index contributed by atoms with van der Waals surface area (Å²) in [6.45, 7) is 1.68. The zero-order valence-electron chi connectivity index (χ0n) is 14.5. The minimum Gasteiger partial charge on any atom is -0.497 e. The highest BCUT2D eigenvalue weighted by Gasteiger charge is 2.31. The number of amides is 1. The number of hydrogen-bond acceptors (Lipinski definition) is 4. The van der Waals surface area contributed by atoms with E-state index < -0.39 is 0 Å². The molecule has 2 atom stereocenters. The fourth-order valence-electron chi connectivity index (χ4n) is 3.55. The molecular weight excluding hydrogens is 384 g/mol. The van der Waals surface area contributed by atoms with Gasteiger partial charge in [-0.25, -0.2) is 0 Å². The first-order chi connectivity index (χ1) is 12.1. The fraction of sp³-hybridized carbons (Fsp3) is 0.421. The van der Waals surface area contributed by atoms with Gasteiger partial charge in [0, 0.05) is 12.6 Å². The molecule has 1 fully saturated rings. The van der Waals surface area contributed by atoms with Gasteiger partial charge in [0.1, 0.15) is 5.75 Å². The van der Waals surface area contributed by atoms with Crippen molar-refractivity contribution in [2.24, 2.45) is 5.92 Å². The largest absolute Gasteiger partial charge is 0.497 e. The molecule has 0 aliphatic carbocycles. The van der Waals surface area contributed by atoms with Crippen LogP contribution in [0.25, 0.3) is 0 Å². The number of ether oxygens (including phenoxy) is 1. The highest BCUT2D eigenvalue weighted by Crippen LogP contribution is 2.35. The highest BCUT2D eigenvalue weighted by molar-refractivity contribution is 9.10. The number of carbonyl (C=O) groups excluding carboxylic acids is 1. The van der Waals surface area contributed by atoms with Gasteiger partial charge in [-0.15, -0.1) is 0 Å². The molecule has 2 unspecified atom stereocenters. The second kappa shape index (κ2) is 8.06. The lowest BCUT2D eigenvalue weighted by Crippen LogP contribution is -2.41. The van der Waals surface area contributed by atoms with Gasteiger partial charge in [-0.2, -0.15) is 0 Å². The molecule has 0 saturated carbocycles. The van der Waals surface area contributed by atoms with Crippen molar-refractivity contribution in [3.05, 3.63) is 52.4 Å². The van der Waals surface area contributed by atoms with Crippen molar-refractivity contribution in [1.29, 1.82) is 0 Å². The van der Waals surface area contributed by atoms with Crippen molar-refractivity contribution in [2.45, 2.75) is 18.9 Å². The molecule has 1 amide bonds. The van der Waals surface area contributed by atoms with Gasteiger partial charge in [0.2, 0.25) is 0 Å². The van der Waals surface area contributed by atoms with Gasteiger partial charge in [-0.1, -0.05) is 12.1 Å². The van der Waals surface area contributed by atoms with Crippen LogP contribution in [0.15, 0.2) is 45.5 Å². The van der Waals surface area contributed by atoms with Crippen LogP contribution in [0.4, 0.5) is 0 Å². The molecule has 6 heteroatoms. The van der Waals surface area contributed by atoms with E-state index in [-0.39, 0.29) is 11.9 Å². The lowest BCUT2D eigenvalue weighted by Gasteiger charge is -2.39. The molecule has 0 bridgehead atoms. The summed E-state index contributed by atoms with van der Waals surface area (Å²) in [7, 11) is 3.82. The van der Waals surface area contributed by atoms with Gasteiger partial charge < -0.3 is 14.5 Å². The molecule has 0 spiro atoms. The van der Waals surface area contributed by atoms with E-state index in [9.17, 15) is 4.79 Å². The smallest absolute Gasteiger partial charge is 0.287 e. The molecule has 0 radical (unpaired) electrons. The topological polar surface area (TPSA) is 54.7 Å². The first kappa shape index (κ1) is 18.0. The number of likely N-dealkylation sites (tertiary alicyclic amines) is 1. The summed E-state index contributed by atoms with van der Waals surface area (Å²) in [5.74, 6) is 1.37. The normalized spacial score (nSPS) is 21.1. The molecular formula is C19H23BrN2O3. The number of halogens is 1. The number of carbonyl (C=O) groups is 1. The first-order valence-corrected chi connectivity index (χ1v) is 9.25. The lowest BCUT2D eigenvalue weighted by atomic mass is 9.85. The second-order valence-corrected chi connectivity index (χ2v) is 7.20. The van der Waals surface area contributed by atoms with E-state index in [1.165, 1.54) is 5.56 Å². The number of benzene rings is 1. The molecule has 3 rings (SSSR count). The maximum atomic E-state index is 12.3. The lowest BCUT2D eigenvalue weighted by molar-refractivity contribution is 0.0865. The average Bonchev–Trinajstić information content (AvgIpc) is 3.06. The Kier molecular flexibility index (Phi) is 5.81. The van der Waals surface area contributed by atoms with Crippen LogP contribution in [-0.4, -0.2) is 38.1 Å². The average molecular weight is 407 g/mol. The zero-order valence-corrected chi connectivity index (χ0v) is 16.1. The van der Waals surface area contributed by atoms with Crippen LogP contribution >= 0.6 is 15.9 Å². The number of piperidine rings is 1. The molecule has 2 heterocycles. The molecule has 1 N–H and O–H groups in total. The minimum absolute atomic E-state index is 0.174. The Morgan fingerprint density at radius 1 is 1.32 bits per heavy atom. The van der Waals surface area contributed by atoms with Crippen LogP contribution in [0.2, 0.25) is 0 Å². The third-order valence-electron chi connectivity index (χ3n) is 4.79. The second-order valence-electron chi connectivity index (χ2n) is 6.41. The molecule has 1 aromatic carbocycles. The van der Waals surface area contributed by atoms with Gasteiger partial charge in [0.05, 0.1) is 7.11 Å². The maximum Gasteiger partial charge on any atom is 0.287 e. The van der Waals surface area contributed by atoms with Crippen molar-refractivity contribution in [3.8, 4) is 5.75 Å². The number of furan rings is 1. The highest BCUT2D eigenvalue weighted by atomic mass is 79.9. The molecule has 134 valence electrons. The van der Waals surface area contributed by atoms with Gasteiger partial charge in [-0.05, 0) is 78.1 Å². The Morgan fingerprint density at radius 3 is 2.72 bits per heavy atom. The monoisotopic (exact) mass is 406 g/mol. The zero-order chi connectivity index (χ0) is 17.8. The van der Waals surface area contributed by atoms with Gasteiger partial charge in [0.25, 0.3) is 5.91 Å². The molecule has 1 aliphatic rings. The predicted molar refractivity (Wildman–Crippen MR) is 99.8 cm³/mol. The number of methoxy groups -OCH3 is 1. The van der Waals surface area contributed by atoms with Crippen LogP contribution in [-0.2, 0) is 0 Å². The van der Waals surface area contributed by atoms with Crippen LogP contribution in [0.5, 0.6) is 5.75 Å². The van der Waals surface area contributed by atoms with E-state index in [1.807, 2.05) is 12.1 Å². The quantitative estimate of drug-likeness (QED) is 0.818. The Labute approximate surface area is 156 Å². The number of hydrogen-bond donors (Lipinski definition) is 1. The van der Waals surface area contributed by atoms with Crippen molar-refractivity contribution in [3.63, 3.8) is 0 Å². The van der Waals surface area contributed by atoms with Gasteiger partial charge >= 0.3 is 0 Å². The standard InChI is InChI=1S/C19H23BrN2O3/c1-22-11-3-4-14(12-21-19(23)16-9-10-17(20)25-16)18(22)13-5-7-15(24-2)8-6-13/h5-10,14,18H,3-4,11-12H2,1-2H3,(H,21,23). The van der Waals surface area contributed by atoms with Crippen molar-refractivity contribution < 1.29 is 13.9 Å². The minimum atomic E-state index is -0.174. The summed E-state index contributed by atoms with van der Waals surface area (Å²) in [6.07, 6.45) is 2.22. The molecule has 5 nitrogen and oxygen atoms in total. The Balaban J connectivity index is 1.69. The van der Waals surface area contributed by atoms with E-state index in [0.717, 1.165) is 25.1 Å². The summed E-state index contributed by atoms with van der Waals surface area (Å²) in [4.78, 5) is 14.6. The van der Waals surface area contributed by atoms with Gasteiger partial charge in [-0.3, -0.25) is 9.69 Å².